The van der Waals surface area contributed by atoms with Crippen molar-refractivity contribution in [2.75, 3.05) is 7.11 Å². The number of H-pyrrole nitrogens is 1. The molecular weight excluding hydrogens is 280 g/mol. The van der Waals surface area contributed by atoms with Gasteiger partial charge in [0.2, 0.25) is 5.88 Å². The number of ether oxygens (including phenoxy) is 1. The van der Waals surface area contributed by atoms with Gasteiger partial charge >= 0.3 is 0 Å². The maximum Gasteiger partial charge on any atom is 0.215 e. The smallest absolute Gasteiger partial charge is 0.215 e. The van der Waals surface area contributed by atoms with E-state index in [0.29, 0.717) is 10.7 Å². The van der Waals surface area contributed by atoms with Crippen molar-refractivity contribution in [3.05, 3.63) is 33.5 Å². The van der Waals surface area contributed by atoms with Crippen molar-refractivity contribution >= 4 is 34.7 Å². The SMILES string of the molecule is COc1ccc2[nH]c(=S)n(CCc3nccs3)c2n1. The van der Waals surface area contributed by atoms with Gasteiger partial charge in [-0.1, -0.05) is 0 Å². The molecule has 3 aromatic rings. The van der Waals surface area contributed by atoms with Crippen molar-refractivity contribution < 1.29 is 4.74 Å². The van der Waals surface area contributed by atoms with Crippen molar-refractivity contribution in [3.63, 3.8) is 0 Å². The van der Waals surface area contributed by atoms with E-state index in [9.17, 15) is 0 Å². The van der Waals surface area contributed by atoms with Crippen LogP contribution in [0.2, 0.25) is 0 Å². The molecule has 0 bridgehead atoms. The number of nitrogens with zero attached hydrogens (tertiary/aromatic N) is 3. The second-order valence-electron chi connectivity index (χ2n) is 3.98. The summed E-state index contributed by atoms with van der Waals surface area (Å²) in [5, 5.41) is 3.07. The Kier molecular flexibility index (Phi) is 3.31. The third kappa shape index (κ3) is 2.39. The Labute approximate surface area is 118 Å². The molecule has 0 amide bonds. The van der Waals surface area contributed by atoms with Gasteiger partial charge in [0.05, 0.1) is 17.6 Å². The van der Waals surface area contributed by atoms with Crippen molar-refractivity contribution in [2.45, 2.75) is 13.0 Å². The number of aryl methyl sites for hydroxylation is 2. The van der Waals surface area contributed by atoms with E-state index in [2.05, 4.69) is 15.0 Å². The average molecular weight is 292 g/mol. The molecule has 0 fully saturated rings. The topological polar surface area (TPSA) is 55.7 Å². The van der Waals surface area contributed by atoms with E-state index in [1.54, 1.807) is 18.4 Å². The summed E-state index contributed by atoms with van der Waals surface area (Å²) in [6.45, 7) is 0.756. The first-order valence-electron chi connectivity index (χ1n) is 5.80. The van der Waals surface area contributed by atoms with Crippen LogP contribution in [-0.2, 0) is 13.0 Å². The summed E-state index contributed by atoms with van der Waals surface area (Å²) in [5.74, 6) is 0.587. The standard InChI is InChI=1S/C12H12N4OS2/c1-17-9-3-2-8-11(15-9)16(12(18)14-8)6-4-10-13-5-7-19-10/h2-3,5,7H,4,6H2,1H3,(H,14,18). The van der Waals surface area contributed by atoms with E-state index in [1.807, 2.05) is 28.3 Å². The molecule has 0 unspecified atom stereocenters. The zero-order chi connectivity index (χ0) is 13.2. The van der Waals surface area contributed by atoms with Gasteiger partial charge in [-0.25, -0.2) is 4.98 Å². The molecule has 0 atom stereocenters. The first kappa shape index (κ1) is 12.3. The van der Waals surface area contributed by atoms with Gasteiger partial charge in [-0.3, -0.25) is 0 Å². The number of methoxy groups -OCH3 is 1. The van der Waals surface area contributed by atoms with E-state index in [1.165, 1.54) is 0 Å². The molecule has 0 radical (unpaired) electrons. The molecule has 98 valence electrons. The number of pyridine rings is 1. The third-order valence-corrected chi connectivity index (χ3v) is 4.00. The van der Waals surface area contributed by atoms with Crippen LogP contribution in [0.1, 0.15) is 5.01 Å². The van der Waals surface area contributed by atoms with Gasteiger partial charge in [0.25, 0.3) is 0 Å². The Hall–Kier alpha value is -1.73. The largest absolute Gasteiger partial charge is 0.481 e. The molecule has 0 aromatic carbocycles. The number of hydrogen-bond acceptors (Lipinski definition) is 5. The summed E-state index contributed by atoms with van der Waals surface area (Å²) in [6.07, 6.45) is 2.66. The van der Waals surface area contributed by atoms with E-state index in [-0.39, 0.29) is 0 Å². The molecule has 0 aliphatic heterocycles. The van der Waals surface area contributed by atoms with E-state index in [4.69, 9.17) is 17.0 Å². The van der Waals surface area contributed by atoms with Crippen molar-refractivity contribution in [1.29, 1.82) is 0 Å². The number of imidazole rings is 1. The zero-order valence-corrected chi connectivity index (χ0v) is 11.9. The van der Waals surface area contributed by atoms with Crippen LogP contribution in [0.4, 0.5) is 0 Å². The molecule has 3 rings (SSSR count). The summed E-state index contributed by atoms with van der Waals surface area (Å²) in [4.78, 5) is 11.9. The number of fused-ring (bicyclic) bond motifs is 1. The Bertz CT molecular complexity index is 745. The molecule has 0 saturated carbocycles. The first-order chi connectivity index (χ1) is 9.28. The Morgan fingerprint density at radius 3 is 3.11 bits per heavy atom. The van der Waals surface area contributed by atoms with Gasteiger partial charge in [0, 0.05) is 30.6 Å². The number of aromatic amines is 1. The molecule has 3 aromatic heterocycles. The lowest BCUT2D eigenvalue weighted by molar-refractivity contribution is 0.399. The summed E-state index contributed by atoms with van der Waals surface area (Å²) < 4.78 is 7.81. The second-order valence-corrected chi connectivity index (χ2v) is 5.35. The highest BCUT2D eigenvalue weighted by Crippen LogP contribution is 2.17. The van der Waals surface area contributed by atoms with Gasteiger partial charge in [-0.2, -0.15) is 4.98 Å². The van der Waals surface area contributed by atoms with Gasteiger partial charge in [-0.15, -0.1) is 11.3 Å². The van der Waals surface area contributed by atoms with Crippen LogP contribution >= 0.6 is 23.6 Å². The predicted octanol–water partition coefficient (Wildman–Crippen LogP) is 2.80. The van der Waals surface area contributed by atoms with Crippen LogP contribution in [-0.4, -0.2) is 26.6 Å². The monoisotopic (exact) mass is 292 g/mol. The molecule has 0 aliphatic carbocycles. The molecule has 0 aliphatic rings. The van der Waals surface area contributed by atoms with Crippen molar-refractivity contribution in [1.82, 2.24) is 19.5 Å². The van der Waals surface area contributed by atoms with Crippen molar-refractivity contribution in [3.8, 4) is 5.88 Å². The average Bonchev–Trinajstić information content (AvgIpc) is 3.03. The fourth-order valence-corrected chi connectivity index (χ4v) is 2.82. The molecule has 0 saturated heterocycles. The van der Waals surface area contributed by atoms with E-state index >= 15 is 0 Å². The molecule has 19 heavy (non-hydrogen) atoms. The number of rotatable bonds is 4. The lowest BCUT2D eigenvalue weighted by Crippen LogP contribution is -2.02. The number of nitrogens with one attached hydrogen (secondary N) is 1. The molecule has 0 spiro atoms. The number of aromatic nitrogens is 4. The van der Waals surface area contributed by atoms with Gasteiger partial charge in [0.15, 0.2) is 10.4 Å². The van der Waals surface area contributed by atoms with E-state index in [0.717, 1.165) is 29.1 Å². The Balaban J connectivity index is 1.97. The lowest BCUT2D eigenvalue weighted by atomic mass is 10.4. The van der Waals surface area contributed by atoms with Crippen LogP contribution in [0.25, 0.3) is 11.2 Å². The summed E-state index contributed by atoms with van der Waals surface area (Å²) in [6, 6.07) is 3.75. The molecule has 7 heteroatoms. The lowest BCUT2D eigenvalue weighted by Gasteiger charge is -2.03. The van der Waals surface area contributed by atoms with Gasteiger partial charge in [-0.05, 0) is 18.3 Å². The minimum atomic E-state index is 0.587. The van der Waals surface area contributed by atoms with Crippen molar-refractivity contribution in [2.24, 2.45) is 0 Å². The first-order valence-corrected chi connectivity index (χ1v) is 7.08. The maximum atomic E-state index is 5.34. The van der Waals surface area contributed by atoms with Crippen LogP contribution in [0.15, 0.2) is 23.7 Å². The Morgan fingerprint density at radius 2 is 2.37 bits per heavy atom. The quantitative estimate of drug-likeness (QED) is 0.751. The van der Waals surface area contributed by atoms with Crippen LogP contribution < -0.4 is 4.74 Å². The fourth-order valence-electron chi connectivity index (χ4n) is 1.92. The Morgan fingerprint density at radius 1 is 1.47 bits per heavy atom. The summed E-state index contributed by atoms with van der Waals surface area (Å²) in [7, 11) is 1.61. The van der Waals surface area contributed by atoms with Gasteiger partial charge < -0.3 is 14.3 Å². The number of hydrogen-bond donors (Lipinski definition) is 1. The predicted molar refractivity (Wildman–Crippen MR) is 77.3 cm³/mol. The molecule has 5 nitrogen and oxygen atoms in total. The fraction of sp³-hybridized carbons (Fsp3) is 0.250. The van der Waals surface area contributed by atoms with Crippen LogP contribution in [0, 0.1) is 4.77 Å². The van der Waals surface area contributed by atoms with Gasteiger partial charge in [0.1, 0.15) is 0 Å². The highest BCUT2D eigenvalue weighted by Gasteiger charge is 2.08. The summed E-state index contributed by atoms with van der Waals surface area (Å²) >= 11 is 6.99. The van der Waals surface area contributed by atoms with Crippen LogP contribution in [0.3, 0.4) is 0 Å². The highest BCUT2D eigenvalue weighted by molar-refractivity contribution is 7.71. The minimum Gasteiger partial charge on any atom is -0.481 e. The van der Waals surface area contributed by atoms with E-state index < -0.39 is 0 Å². The third-order valence-electron chi connectivity index (χ3n) is 2.83. The normalized spacial score (nSPS) is 11.0. The zero-order valence-electron chi connectivity index (χ0n) is 10.3. The van der Waals surface area contributed by atoms with Crippen LogP contribution in [0.5, 0.6) is 5.88 Å². The molecule has 1 N–H and O–H groups in total. The highest BCUT2D eigenvalue weighted by atomic mass is 32.1. The minimum absolute atomic E-state index is 0.587. The second kappa shape index (κ2) is 5.10. The molecule has 3 heterocycles. The maximum absolute atomic E-state index is 5.34. The molecular formula is C12H12N4OS2. The summed E-state index contributed by atoms with van der Waals surface area (Å²) in [5.41, 5.74) is 1.74. The number of thiazole rings is 1.